The maximum Gasteiger partial charge on any atom is 0.226 e. The number of ether oxygens (including phenoxy) is 2. The Kier molecular flexibility index (Phi) is 10.6. The lowest BCUT2D eigenvalue weighted by molar-refractivity contribution is -0.140. The van der Waals surface area contributed by atoms with Gasteiger partial charge in [-0.05, 0) is 37.3 Å². The van der Waals surface area contributed by atoms with Crippen LogP contribution in [0.2, 0.25) is 5.15 Å². The summed E-state index contributed by atoms with van der Waals surface area (Å²) in [6, 6.07) is 12.8. The molecule has 1 N–H and O–H groups in total. The SMILES string of the molecule is CCCCC1CC(NCc2cc(Cl)ncc2OCCOC)C(c2ccccc2)N1C(=O)C1CCCCC1. The molecule has 1 saturated carbocycles. The monoisotopic (exact) mass is 527 g/mol. The van der Waals surface area contributed by atoms with Crippen LogP contribution in [0.4, 0.5) is 0 Å². The third-order valence-electron chi connectivity index (χ3n) is 7.86. The van der Waals surface area contributed by atoms with E-state index in [9.17, 15) is 4.79 Å². The molecule has 3 atom stereocenters. The van der Waals surface area contributed by atoms with Gasteiger partial charge in [0, 0.05) is 37.2 Å². The number of hydrogen-bond acceptors (Lipinski definition) is 5. The Labute approximate surface area is 227 Å². The highest BCUT2D eigenvalue weighted by Gasteiger charge is 2.45. The van der Waals surface area contributed by atoms with Gasteiger partial charge in [-0.2, -0.15) is 0 Å². The van der Waals surface area contributed by atoms with Crippen molar-refractivity contribution < 1.29 is 14.3 Å². The summed E-state index contributed by atoms with van der Waals surface area (Å²) in [6.07, 6.45) is 11.5. The second kappa shape index (κ2) is 14.1. The highest BCUT2D eigenvalue weighted by molar-refractivity contribution is 6.29. The topological polar surface area (TPSA) is 63.7 Å². The molecule has 6 nitrogen and oxygen atoms in total. The van der Waals surface area contributed by atoms with E-state index in [1.807, 2.05) is 12.1 Å². The summed E-state index contributed by atoms with van der Waals surface area (Å²) in [7, 11) is 1.66. The molecule has 4 rings (SSSR count). The van der Waals surface area contributed by atoms with Crippen LogP contribution in [0, 0.1) is 5.92 Å². The third kappa shape index (κ3) is 7.24. The Morgan fingerprint density at radius 1 is 1.16 bits per heavy atom. The van der Waals surface area contributed by atoms with Crippen molar-refractivity contribution in [2.24, 2.45) is 5.92 Å². The number of amides is 1. The van der Waals surface area contributed by atoms with Gasteiger partial charge in [-0.1, -0.05) is 81.0 Å². The van der Waals surface area contributed by atoms with Gasteiger partial charge in [0.15, 0.2) is 0 Å². The molecule has 0 bridgehead atoms. The molecule has 0 radical (unpaired) electrons. The van der Waals surface area contributed by atoms with Crippen LogP contribution in [0.15, 0.2) is 42.6 Å². The van der Waals surface area contributed by atoms with Crippen molar-refractivity contribution in [2.75, 3.05) is 20.3 Å². The van der Waals surface area contributed by atoms with Crippen LogP contribution in [-0.4, -0.2) is 48.2 Å². The van der Waals surface area contributed by atoms with E-state index in [0.29, 0.717) is 36.6 Å². The Balaban J connectivity index is 1.59. The fourth-order valence-corrected chi connectivity index (χ4v) is 6.15. The molecule has 202 valence electrons. The number of pyridine rings is 1. The number of unbranched alkanes of at least 4 members (excludes halogenated alkanes) is 1. The molecule has 1 amide bonds. The summed E-state index contributed by atoms with van der Waals surface area (Å²) < 4.78 is 11.1. The summed E-state index contributed by atoms with van der Waals surface area (Å²) in [5.41, 5.74) is 2.16. The largest absolute Gasteiger partial charge is 0.489 e. The average molecular weight is 528 g/mol. The Bertz CT molecular complexity index is 983. The van der Waals surface area contributed by atoms with Gasteiger partial charge in [-0.3, -0.25) is 4.79 Å². The molecule has 7 heteroatoms. The lowest BCUT2D eigenvalue weighted by atomic mass is 9.87. The highest BCUT2D eigenvalue weighted by atomic mass is 35.5. The number of carbonyl (C=O) groups is 1. The van der Waals surface area contributed by atoms with Gasteiger partial charge in [0.1, 0.15) is 17.5 Å². The molecule has 1 aromatic carbocycles. The van der Waals surface area contributed by atoms with Crippen molar-refractivity contribution >= 4 is 17.5 Å². The van der Waals surface area contributed by atoms with Gasteiger partial charge in [-0.15, -0.1) is 0 Å². The van der Waals surface area contributed by atoms with Gasteiger partial charge in [0.25, 0.3) is 0 Å². The van der Waals surface area contributed by atoms with Crippen LogP contribution in [0.25, 0.3) is 0 Å². The predicted molar refractivity (Wildman–Crippen MR) is 148 cm³/mol. The number of halogens is 1. The van der Waals surface area contributed by atoms with Crippen molar-refractivity contribution in [3.8, 4) is 5.75 Å². The first kappa shape index (κ1) is 27.9. The van der Waals surface area contributed by atoms with Crippen LogP contribution >= 0.6 is 11.6 Å². The van der Waals surface area contributed by atoms with Crippen molar-refractivity contribution in [2.45, 2.75) is 89.4 Å². The Morgan fingerprint density at radius 2 is 1.95 bits per heavy atom. The van der Waals surface area contributed by atoms with Crippen molar-refractivity contribution in [3.05, 3.63) is 58.9 Å². The van der Waals surface area contributed by atoms with Crippen LogP contribution in [0.5, 0.6) is 5.75 Å². The predicted octanol–water partition coefficient (Wildman–Crippen LogP) is 6.33. The maximum absolute atomic E-state index is 14.1. The fourth-order valence-electron chi connectivity index (χ4n) is 5.97. The average Bonchev–Trinajstić information content (AvgIpc) is 3.30. The van der Waals surface area contributed by atoms with E-state index in [4.69, 9.17) is 21.1 Å². The number of nitrogens with one attached hydrogen (secondary N) is 1. The summed E-state index contributed by atoms with van der Waals surface area (Å²) in [5, 5.41) is 4.25. The summed E-state index contributed by atoms with van der Waals surface area (Å²) in [6.45, 7) is 3.77. The molecule has 2 heterocycles. The first-order chi connectivity index (χ1) is 18.1. The molecule has 0 spiro atoms. The second-order valence-corrected chi connectivity index (χ2v) is 10.8. The zero-order chi connectivity index (χ0) is 26.0. The molecular weight excluding hydrogens is 486 g/mol. The Morgan fingerprint density at radius 3 is 2.68 bits per heavy atom. The molecule has 2 aromatic rings. The van der Waals surface area contributed by atoms with Crippen LogP contribution < -0.4 is 10.1 Å². The summed E-state index contributed by atoms with van der Waals surface area (Å²) in [4.78, 5) is 20.5. The number of hydrogen-bond donors (Lipinski definition) is 1. The molecule has 2 fully saturated rings. The van der Waals surface area contributed by atoms with Crippen molar-refractivity contribution in [3.63, 3.8) is 0 Å². The first-order valence-electron chi connectivity index (χ1n) is 14.0. The standard InChI is InChI=1S/C30H42ClN3O3/c1-3-4-15-25-19-26(32-20-24-18-28(31)33-21-27(24)37-17-16-36-2)29(22-11-7-5-8-12-22)34(25)30(35)23-13-9-6-10-14-23/h5,7-8,11-12,18,21,23,25-26,29,32H,3-4,6,9-10,13-17,19-20H2,1-2H3. The molecule has 2 aliphatic rings. The summed E-state index contributed by atoms with van der Waals surface area (Å²) >= 11 is 6.26. The van der Waals surface area contributed by atoms with Gasteiger partial charge in [-0.25, -0.2) is 4.98 Å². The Hall–Kier alpha value is -2.15. The quantitative estimate of drug-likeness (QED) is 0.258. The lowest BCUT2D eigenvalue weighted by Gasteiger charge is -2.36. The smallest absolute Gasteiger partial charge is 0.226 e. The van der Waals surface area contributed by atoms with Gasteiger partial charge in [0.05, 0.1) is 18.8 Å². The first-order valence-corrected chi connectivity index (χ1v) is 14.4. The van der Waals surface area contributed by atoms with E-state index < -0.39 is 0 Å². The van der Waals surface area contributed by atoms with E-state index in [0.717, 1.165) is 56.9 Å². The van der Waals surface area contributed by atoms with Crippen LogP contribution in [0.1, 0.15) is 81.9 Å². The molecule has 37 heavy (non-hydrogen) atoms. The number of likely N-dealkylation sites (tertiary alicyclic amines) is 1. The van der Waals surface area contributed by atoms with Crippen molar-refractivity contribution in [1.82, 2.24) is 15.2 Å². The van der Waals surface area contributed by atoms with Gasteiger partial charge < -0.3 is 19.7 Å². The van der Waals surface area contributed by atoms with E-state index >= 15 is 0 Å². The molecule has 3 unspecified atom stereocenters. The number of aromatic nitrogens is 1. The highest BCUT2D eigenvalue weighted by Crippen LogP contribution is 2.41. The lowest BCUT2D eigenvalue weighted by Crippen LogP contribution is -2.44. The minimum atomic E-state index is 0.00708. The molecule has 1 aliphatic heterocycles. The summed E-state index contributed by atoms with van der Waals surface area (Å²) in [5.74, 6) is 1.22. The number of benzene rings is 1. The van der Waals surface area contributed by atoms with Gasteiger partial charge >= 0.3 is 0 Å². The number of nitrogens with zero attached hydrogens (tertiary/aromatic N) is 2. The number of rotatable bonds is 12. The van der Waals surface area contributed by atoms with E-state index in [1.54, 1.807) is 13.3 Å². The molecule has 1 aromatic heterocycles. The van der Waals surface area contributed by atoms with Crippen molar-refractivity contribution in [1.29, 1.82) is 0 Å². The zero-order valence-electron chi connectivity index (χ0n) is 22.3. The molecule has 1 saturated heterocycles. The molecule has 1 aliphatic carbocycles. The van der Waals surface area contributed by atoms with Gasteiger partial charge in [0.2, 0.25) is 5.91 Å². The minimum absolute atomic E-state index is 0.00708. The van der Waals surface area contributed by atoms with Crippen LogP contribution in [-0.2, 0) is 16.1 Å². The van der Waals surface area contributed by atoms with E-state index in [2.05, 4.69) is 46.4 Å². The zero-order valence-corrected chi connectivity index (χ0v) is 23.1. The van der Waals surface area contributed by atoms with Crippen LogP contribution in [0.3, 0.4) is 0 Å². The van der Waals surface area contributed by atoms with E-state index in [1.165, 1.54) is 12.0 Å². The fraction of sp³-hybridized carbons (Fsp3) is 0.600. The normalized spacial score (nSPS) is 22.4. The molecular formula is C30H42ClN3O3. The third-order valence-corrected chi connectivity index (χ3v) is 8.06. The maximum atomic E-state index is 14.1. The number of methoxy groups -OCH3 is 1. The van der Waals surface area contributed by atoms with E-state index in [-0.39, 0.29) is 24.0 Å². The minimum Gasteiger partial charge on any atom is -0.489 e. The number of carbonyl (C=O) groups excluding carboxylic acids is 1. The second-order valence-electron chi connectivity index (χ2n) is 10.4.